The van der Waals surface area contributed by atoms with Gasteiger partial charge in [0.25, 0.3) is 0 Å². The van der Waals surface area contributed by atoms with E-state index in [4.69, 9.17) is 5.11 Å². The number of rotatable bonds is 7. The molecule has 0 heterocycles. The van der Waals surface area contributed by atoms with Crippen molar-refractivity contribution in [1.29, 1.82) is 0 Å². The van der Waals surface area contributed by atoms with E-state index in [2.05, 4.69) is 0 Å². The Kier molecular flexibility index (Phi) is 6.31. The third kappa shape index (κ3) is 9.52. The maximum atomic E-state index is 12.0. The summed E-state index contributed by atoms with van der Waals surface area (Å²) in [6, 6.07) is 0. The van der Waals surface area contributed by atoms with Gasteiger partial charge in [0.15, 0.2) is 0 Å². The monoisotopic (exact) mass is 227 g/mol. The summed E-state index contributed by atoms with van der Waals surface area (Å²) >= 11 is 0. The van der Waals surface area contributed by atoms with Crippen LogP contribution in [0.5, 0.6) is 0 Å². The summed E-state index contributed by atoms with van der Waals surface area (Å²) < 4.78 is 36.1. The van der Waals surface area contributed by atoms with Crippen LogP contribution in [0.1, 0.15) is 26.2 Å². The zero-order chi connectivity index (χ0) is 11.9. The average Bonchev–Trinajstić information content (AvgIpc) is 2.00. The van der Waals surface area contributed by atoms with Crippen LogP contribution in [0.4, 0.5) is 13.2 Å². The zero-order valence-electron chi connectivity index (χ0n) is 8.68. The van der Waals surface area contributed by atoms with Crippen LogP contribution < -0.4 is 0 Å². The van der Waals surface area contributed by atoms with Gasteiger partial charge < -0.3 is 5.11 Å². The van der Waals surface area contributed by atoms with Crippen molar-refractivity contribution in [3.8, 4) is 0 Å². The molecule has 0 atom stereocenters. The summed E-state index contributed by atoms with van der Waals surface area (Å²) in [5.74, 6) is -1.23. The molecule has 90 valence electrons. The number of hydrogen-bond acceptors (Lipinski definition) is 2. The lowest BCUT2D eigenvalue weighted by Gasteiger charge is -2.21. The van der Waals surface area contributed by atoms with Crippen LogP contribution in [0.25, 0.3) is 0 Å². The lowest BCUT2D eigenvalue weighted by Crippen LogP contribution is -2.38. The van der Waals surface area contributed by atoms with Gasteiger partial charge in [-0.15, -0.1) is 0 Å². The molecule has 0 aliphatic heterocycles. The second-order valence-corrected chi connectivity index (χ2v) is 3.43. The predicted molar refractivity (Wildman–Crippen MR) is 49.7 cm³/mol. The highest BCUT2D eigenvalue weighted by atomic mass is 19.4. The standard InChI is InChI=1S/C9H16F3NO2/c1-2-3-4-5-13(6-8(14)15)7-9(10,11)12/h2-7H2,1H3,(H,14,15). The van der Waals surface area contributed by atoms with Crippen LogP contribution in [0.3, 0.4) is 0 Å². The molecule has 0 aliphatic rings. The van der Waals surface area contributed by atoms with Crippen LogP contribution in [0.2, 0.25) is 0 Å². The van der Waals surface area contributed by atoms with E-state index in [-0.39, 0.29) is 6.54 Å². The van der Waals surface area contributed by atoms with E-state index in [1.807, 2.05) is 6.92 Å². The van der Waals surface area contributed by atoms with Crippen LogP contribution in [-0.4, -0.2) is 41.8 Å². The van der Waals surface area contributed by atoms with Crippen molar-refractivity contribution < 1.29 is 23.1 Å². The van der Waals surface area contributed by atoms with Gasteiger partial charge in [-0.3, -0.25) is 9.69 Å². The van der Waals surface area contributed by atoms with Gasteiger partial charge in [-0.25, -0.2) is 0 Å². The molecule has 0 rings (SSSR count). The number of carboxylic acids is 1. The van der Waals surface area contributed by atoms with Gasteiger partial charge in [0.05, 0.1) is 13.1 Å². The van der Waals surface area contributed by atoms with E-state index in [1.54, 1.807) is 0 Å². The molecule has 0 amide bonds. The highest BCUT2D eigenvalue weighted by molar-refractivity contribution is 5.69. The van der Waals surface area contributed by atoms with E-state index in [0.29, 0.717) is 6.42 Å². The molecular weight excluding hydrogens is 211 g/mol. The van der Waals surface area contributed by atoms with E-state index >= 15 is 0 Å². The van der Waals surface area contributed by atoms with Crippen molar-refractivity contribution >= 4 is 5.97 Å². The summed E-state index contributed by atoms with van der Waals surface area (Å²) in [5, 5.41) is 8.43. The molecule has 0 unspecified atom stereocenters. The number of alkyl halides is 3. The first-order valence-electron chi connectivity index (χ1n) is 4.86. The second-order valence-electron chi connectivity index (χ2n) is 3.43. The Hall–Kier alpha value is -0.780. The summed E-state index contributed by atoms with van der Waals surface area (Å²) in [4.78, 5) is 11.2. The fraction of sp³-hybridized carbons (Fsp3) is 0.889. The summed E-state index contributed by atoms with van der Waals surface area (Å²) in [6.45, 7) is 0.414. The van der Waals surface area contributed by atoms with Crippen LogP contribution >= 0.6 is 0 Å². The smallest absolute Gasteiger partial charge is 0.401 e. The molecule has 0 aliphatic carbocycles. The van der Waals surface area contributed by atoms with Gasteiger partial charge in [-0.05, 0) is 13.0 Å². The molecule has 0 aromatic rings. The van der Waals surface area contributed by atoms with Gasteiger partial charge >= 0.3 is 12.1 Å². The first-order chi connectivity index (χ1) is 6.85. The minimum absolute atomic E-state index is 0.180. The molecule has 0 radical (unpaired) electrons. The zero-order valence-corrected chi connectivity index (χ0v) is 8.68. The Labute approximate surface area is 86.9 Å². The molecule has 0 fully saturated rings. The van der Waals surface area contributed by atoms with Crippen molar-refractivity contribution in [3.63, 3.8) is 0 Å². The van der Waals surface area contributed by atoms with Crippen molar-refractivity contribution in [3.05, 3.63) is 0 Å². The average molecular weight is 227 g/mol. The predicted octanol–water partition coefficient (Wildman–Crippen LogP) is 2.13. The minimum Gasteiger partial charge on any atom is -0.480 e. The fourth-order valence-corrected chi connectivity index (χ4v) is 1.24. The molecule has 6 heteroatoms. The molecule has 1 N–H and O–H groups in total. The topological polar surface area (TPSA) is 40.5 Å². The van der Waals surface area contributed by atoms with Gasteiger partial charge in [-0.1, -0.05) is 19.8 Å². The molecule has 0 aromatic carbocycles. The summed E-state index contributed by atoms with van der Waals surface area (Å²) in [5.41, 5.74) is 0. The third-order valence-electron chi connectivity index (χ3n) is 1.84. The fourth-order valence-electron chi connectivity index (χ4n) is 1.24. The number of nitrogens with zero attached hydrogens (tertiary/aromatic N) is 1. The normalized spacial score (nSPS) is 12.1. The molecule has 15 heavy (non-hydrogen) atoms. The third-order valence-corrected chi connectivity index (χ3v) is 1.84. The summed E-state index contributed by atoms with van der Waals surface area (Å²) in [7, 11) is 0. The summed E-state index contributed by atoms with van der Waals surface area (Å²) in [6.07, 6.45) is -2.03. The number of hydrogen-bond donors (Lipinski definition) is 1. The molecule has 0 saturated carbocycles. The number of carbonyl (C=O) groups is 1. The van der Waals surface area contributed by atoms with Crippen molar-refractivity contribution in [2.75, 3.05) is 19.6 Å². The molecule has 0 bridgehead atoms. The Morgan fingerprint density at radius 2 is 1.93 bits per heavy atom. The number of unbranched alkanes of at least 4 members (excludes halogenated alkanes) is 2. The van der Waals surface area contributed by atoms with E-state index in [1.165, 1.54) is 0 Å². The Balaban J connectivity index is 4.01. The Bertz CT molecular complexity index is 194. The highest BCUT2D eigenvalue weighted by Crippen LogP contribution is 2.16. The number of carboxylic acid groups (broad SMARTS) is 1. The first kappa shape index (κ1) is 14.2. The first-order valence-corrected chi connectivity index (χ1v) is 4.86. The molecule has 0 spiro atoms. The second kappa shape index (κ2) is 6.66. The van der Waals surface area contributed by atoms with Crippen LogP contribution in [0, 0.1) is 0 Å². The van der Waals surface area contributed by atoms with E-state index in [9.17, 15) is 18.0 Å². The van der Waals surface area contributed by atoms with Crippen molar-refractivity contribution in [2.45, 2.75) is 32.4 Å². The quantitative estimate of drug-likeness (QED) is 0.677. The van der Waals surface area contributed by atoms with Gasteiger partial charge in [-0.2, -0.15) is 13.2 Å². The lowest BCUT2D eigenvalue weighted by molar-refractivity contribution is -0.154. The maximum absolute atomic E-state index is 12.0. The van der Waals surface area contributed by atoms with Gasteiger partial charge in [0, 0.05) is 0 Å². The van der Waals surface area contributed by atoms with Gasteiger partial charge in [0.2, 0.25) is 0 Å². The van der Waals surface area contributed by atoms with Gasteiger partial charge in [0.1, 0.15) is 0 Å². The lowest BCUT2D eigenvalue weighted by atomic mass is 10.2. The van der Waals surface area contributed by atoms with E-state index < -0.39 is 25.2 Å². The molecule has 0 saturated heterocycles. The Morgan fingerprint density at radius 3 is 2.33 bits per heavy atom. The number of halogens is 3. The van der Waals surface area contributed by atoms with Crippen LogP contribution in [-0.2, 0) is 4.79 Å². The van der Waals surface area contributed by atoms with E-state index in [0.717, 1.165) is 17.7 Å². The maximum Gasteiger partial charge on any atom is 0.401 e. The highest BCUT2D eigenvalue weighted by Gasteiger charge is 2.31. The molecule has 0 aromatic heterocycles. The Morgan fingerprint density at radius 1 is 1.33 bits per heavy atom. The molecular formula is C9H16F3NO2. The number of aliphatic carboxylic acids is 1. The molecule has 3 nitrogen and oxygen atoms in total. The largest absolute Gasteiger partial charge is 0.480 e. The van der Waals surface area contributed by atoms with Crippen molar-refractivity contribution in [1.82, 2.24) is 4.90 Å². The van der Waals surface area contributed by atoms with Crippen molar-refractivity contribution in [2.24, 2.45) is 0 Å². The minimum atomic E-state index is -4.33. The SMILES string of the molecule is CCCCCN(CC(=O)O)CC(F)(F)F. The van der Waals surface area contributed by atoms with Crippen LogP contribution in [0.15, 0.2) is 0 Å².